The topological polar surface area (TPSA) is 64.6 Å². The van der Waals surface area contributed by atoms with Gasteiger partial charge in [-0.3, -0.25) is 0 Å². The van der Waals surface area contributed by atoms with Crippen molar-refractivity contribution in [1.29, 1.82) is 0 Å². The molecule has 136 valence electrons. The lowest BCUT2D eigenvalue weighted by molar-refractivity contribution is -0.275. The SMILES string of the molecule is COc1ccc(CNS(=O)(=O)c2ccc(Br)cc2OC(F)(F)F)cc1. The highest BCUT2D eigenvalue weighted by molar-refractivity contribution is 9.10. The van der Waals surface area contributed by atoms with Crippen LogP contribution < -0.4 is 14.2 Å². The third-order valence-electron chi connectivity index (χ3n) is 3.05. The van der Waals surface area contributed by atoms with Gasteiger partial charge < -0.3 is 9.47 Å². The molecule has 0 amide bonds. The van der Waals surface area contributed by atoms with E-state index in [2.05, 4.69) is 25.4 Å². The summed E-state index contributed by atoms with van der Waals surface area (Å²) in [6, 6.07) is 9.83. The molecule has 0 saturated carbocycles. The molecule has 2 aromatic carbocycles. The molecule has 0 aliphatic heterocycles. The Morgan fingerprint density at radius 2 is 1.76 bits per heavy atom. The van der Waals surface area contributed by atoms with Gasteiger partial charge in [0.2, 0.25) is 10.0 Å². The quantitative estimate of drug-likeness (QED) is 0.742. The molecular formula is C15H13BrF3NO4S. The fraction of sp³-hybridized carbons (Fsp3) is 0.200. The molecule has 0 saturated heterocycles. The molecule has 0 atom stereocenters. The van der Waals surface area contributed by atoms with Crippen LogP contribution in [0.2, 0.25) is 0 Å². The molecule has 2 rings (SSSR count). The Morgan fingerprint density at radius 3 is 2.32 bits per heavy atom. The maximum Gasteiger partial charge on any atom is 0.573 e. The first kappa shape index (κ1) is 19.5. The number of rotatable bonds is 6. The van der Waals surface area contributed by atoms with Crippen molar-refractivity contribution in [2.75, 3.05) is 7.11 Å². The van der Waals surface area contributed by atoms with Gasteiger partial charge in [-0.2, -0.15) is 0 Å². The smallest absolute Gasteiger partial charge is 0.497 e. The molecule has 0 heterocycles. The lowest BCUT2D eigenvalue weighted by Gasteiger charge is -2.14. The van der Waals surface area contributed by atoms with Gasteiger partial charge >= 0.3 is 6.36 Å². The second-order valence-corrected chi connectivity index (χ2v) is 7.46. The van der Waals surface area contributed by atoms with Gasteiger partial charge in [0.25, 0.3) is 0 Å². The molecule has 0 aliphatic rings. The predicted octanol–water partition coefficient (Wildman–Crippen LogP) is 3.83. The summed E-state index contributed by atoms with van der Waals surface area (Å²) in [6.07, 6.45) is -5.01. The number of benzene rings is 2. The first-order valence-electron chi connectivity index (χ1n) is 6.78. The van der Waals surface area contributed by atoms with Crippen molar-refractivity contribution in [1.82, 2.24) is 4.72 Å². The molecular weight excluding hydrogens is 427 g/mol. The van der Waals surface area contributed by atoms with Gasteiger partial charge in [-0.15, -0.1) is 13.2 Å². The minimum Gasteiger partial charge on any atom is -0.497 e. The van der Waals surface area contributed by atoms with Gasteiger partial charge in [0.15, 0.2) is 5.75 Å². The first-order chi connectivity index (χ1) is 11.6. The number of methoxy groups -OCH3 is 1. The highest BCUT2D eigenvalue weighted by Gasteiger charge is 2.34. The van der Waals surface area contributed by atoms with Gasteiger partial charge in [0.05, 0.1) is 7.11 Å². The maximum atomic E-state index is 12.5. The third-order valence-corrected chi connectivity index (χ3v) is 4.98. The van der Waals surface area contributed by atoms with Crippen LogP contribution in [0.3, 0.4) is 0 Å². The summed E-state index contributed by atoms with van der Waals surface area (Å²) in [6.45, 7) is -0.103. The molecule has 0 radical (unpaired) electrons. The summed E-state index contributed by atoms with van der Waals surface area (Å²) in [5, 5.41) is 0. The van der Waals surface area contributed by atoms with Gasteiger partial charge in [0.1, 0.15) is 10.6 Å². The zero-order valence-electron chi connectivity index (χ0n) is 12.8. The molecule has 2 aromatic rings. The standard InChI is InChI=1S/C15H13BrF3NO4S/c1-23-12-5-2-10(3-6-12)9-20-25(21,22)14-7-4-11(16)8-13(14)24-15(17,18)19/h2-8,20H,9H2,1H3. The predicted molar refractivity (Wildman–Crippen MR) is 87.8 cm³/mol. The van der Waals surface area contributed by atoms with Crippen LogP contribution in [0.15, 0.2) is 51.8 Å². The second kappa shape index (κ2) is 7.63. The average Bonchev–Trinajstić information content (AvgIpc) is 2.52. The van der Waals surface area contributed by atoms with E-state index in [-0.39, 0.29) is 11.0 Å². The molecule has 0 bridgehead atoms. The summed E-state index contributed by atoms with van der Waals surface area (Å²) >= 11 is 2.99. The zero-order valence-corrected chi connectivity index (χ0v) is 15.2. The number of hydrogen-bond acceptors (Lipinski definition) is 4. The van der Waals surface area contributed by atoms with Crippen molar-refractivity contribution in [3.8, 4) is 11.5 Å². The van der Waals surface area contributed by atoms with E-state index in [1.807, 2.05) is 0 Å². The molecule has 0 fully saturated rings. The van der Waals surface area contributed by atoms with Crippen molar-refractivity contribution in [3.05, 3.63) is 52.5 Å². The van der Waals surface area contributed by atoms with Crippen molar-refractivity contribution >= 4 is 26.0 Å². The highest BCUT2D eigenvalue weighted by Crippen LogP contribution is 2.32. The number of alkyl halides is 3. The van der Waals surface area contributed by atoms with Crippen LogP contribution in [-0.2, 0) is 16.6 Å². The molecule has 0 unspecified atom stereocenters. The molecule has 1 N–H and O–H groups in total. The molecule has 10 heteroatoms. The third kappa shape index (κ3) is 5.62. The van der Waals surface area contributed by atoms with Gasteiger partial charge in [-0.25, -0.2) is 13.1 Å². The Labute approximate surface area is 150 Å². The summed E-state index contributed by atoms with van der Waals surface area (Å²) < 4.78 is 73.5. The molecule has 25 heavy (non-hydrogen) atoms. The van der Waals surface area contributed by atoms with Crippen LogP contribution >= 0.6 is 15.9 Å². The van der Waals surface area contributed by atoms with Crippen molar-refractivity contribution in [2.45, 2.75) is 17.8 Å². The van der Waals surface area contributed by atoms with Crippen molar-refractivity contribution in [3.63, 3.8) is 0 Å². The summed E-state index contributed by atoms with van der Waals surface area (Å²) in [5.74, 6) is -0.218. The van der Waals surface area contributed by atoms with Crippen LogP contribution in [0.4, 0.5) is 13.2 Å². The summed E-state index contributed by atoms with van der Waals surface area (Å²) in [7, 11) is -2.73. The number of hydrogen-bond donors (Lipinski definition) is 1. The number of halogens is 4. The van der Waals surface area contributed by atoms with E-state index in [9.17, 15) is 21.6 Å². The van der Waals surface area contributed by atoms with Gasteiger partial charge in [-0.1, -0.05) is 28.1 Å². The minimum atomic E-state index is -5.01. The van der Waals surface area contributed by atoms with Crippen molar-refractivity contribution in [2.24, 2.45) is 0 Å². The van der Waals surface area contributed by atoms with E-state index in [0.29, 0.717) is 11.3 Å². The van der Waals surface area contributed by atoms with Crippen LogP contribution in [-0.4, -0.2) is 21.9 Å². The number of ether oxygens (including phenoxy) is 2. The molecule has 0 aromatic heterocycles. The first-order valence-corrected chi connectivity index (χ1v) is 9.06. The lowest BCUT2D eigenvalue weighted by Crippen LogP contribution is -2.25. The van der Waals surface area contributed by atoms with E-state index in [1.165, 1.54) is 13.2 Å². The zero-order chi connectivity index (χ0) is 18.7. The summed E-state index contributed by atoms with van der Waals surface area (Å²) in [5.41, 5.74) is 0.611. The summed E-state index contributed by atoms with van der Waals surface area (Å²) in [4.78, 5) is -0.610. The van der Waals surface area contributed by atoms with E-state index in [1.54, 1.807) is 24.3 Å². The largest absolute Gasteiger partial charge is 0.573 e. The highest BCUT2D eigenvalue weighted by atomic mass is 79.9. The van der Waals surface area contributed by atoms with Gasteiger partial charge in [-0.05, 0) is 35.9 Å². The lowest BCUT2D eigenvalue weighted by atomic mass is 10.2. The maximum absolute atomic E-state index is 12.5. The van der Waals surface area contributed by atoms with E-state index >= 15 is 0 Å². The Balaban J connectivity index is 2.23. The average molecular weight is 440 g/mol. The van der Waals surface area contributed by atoms with Crippen LogP contribution in [0.1, 0.15) is 5.56 Å². The molecule has 0 aliphatic carbocycles. The monoisotopic (exact) mass is 439 g/mol. The minimum absolute atomic E-state index is 0.103. The Bertz CT molecular complexity index is 839. The Hall–Kier alpha value is -1.78. The fourth-order valence-electron chi connectivity index (χ4n) is 1.91. The van der Waals surface area contributed by atoms with Crippen LogP contribution in [0.5, 0.6) is 11.5 Å². The van der Waals surface area contributed by atoms with Gasteiger partial charge in [0, 0.05) is 11.0 Å². The van der Waals surface area contributed by atoms with E-state index in [4.69, 9.17) is 4.74 Å². The van der Waals surface area contributed by atoms with Crippen molar-refractivity contribution < 1.29 is 31.1 Å². The normalized spacial score (nSPS) is 12.0. The molecule has 0 spiro atoms. The second-order valence-electron chi connectivity index (χ2n) is 4.81. The van der Waals surface area contributed by atoms with Crippen LogP contribution in [0, 0.1) is 0 Å². The Morgan fingerprint density at radius 1 is 1.12 bits per heavy atom. The van der Waals surface area contributed by atoms with E-state index in [0.717, 1.165) is 12.1 Å². The van der Waals surface area contributed by atoms with E-state index < -0.39 is 27.0 Å². The number of sulfonamides is 1. The van der Waals surface area contributed by atoms with Crippen LogP contribution in [0.25, 0.3) is 0 Å². The fourth-order valence-corrected chi connectivity index (χ4v) is 3.37. The Kier molecular flexibility index (Phi) is 5.96. The number of nitrogens with one attached hydrogen (secondary N) is 1. The molecule has 5 nitrogen and oxygen atoms in total.